The van der Waals surface area contributed by atoms with Crippen molar-refractivity contribution in [1.29, 1.82) is 0 Å². The standard InChI is InChI=1S/C56H32O2/c1-2-12-41-33(10-1)11-9-18-43(41)54-46-16-5-3-14-44(46)53(45-15-4-6-17-47(45)54)39-25-24-35-28-34(20-21-36(35)29-39)37-22-23-38-32-52-50(31-40(38)30-37)49-27-26-48-42-13-7-8-19-51(42)57-55(48)56(49)58-52/h1-32H. The summed E-state index contributed by atoms with van der Waals surface area (Å²) in [6.45, 7) is 0. The number of hydrogen-bond donors (Lipinski definition) is 0. The quantitative estimate of drug-likeness (QED) is 0.169. The third kappa shape index (κ3) is 4.54. The summed E-state index contributed by atoms with van der Waals surface area (Å²) < 4.78 is 12.8. The van der Waals surface area contributed by atoms with Crippen molar-refractivity contribution in [2.75, 3.05) is 0 Å². The van der Waals surface area contributed by atoms with Crippen molar-refractivity contribution in [3.8, 4) is 33.4 Å². The van der Waals surface area contributed by atoms with Gasteiger partial charge in [-0.2, -0.15) is 0 Å². The van der Waals surface area contributed by atoms with Crippen LogP contribution in [0, 0.1) is 0 Å². The van der Waals surface area contributed by atoms with Gasteiger partial charge < -0.3 is 8.83 Å². The molecule has 0 amide bonds. The molecule has 0 aliphatic rings. The van der Waals surface area contributed by atoms with Crippen LogP contribution < -0.4 is 0 Å². The summed E-state index contributed by atoms with van der Waals surface area (Å²) in [6.07, 6.45) is 0. The Hall–Kier alpha value is -7.68. The average Bonchev–Trinajstić information content (AvgIpc) is 3.85. The Morgan fingerprint density at radius 1 is 0.241 bits per heavy atom. The van der Waals surface area contributed by atoms with Crippen molar-refractivity contribution in [2.45, 2.75) is 0 Å². The molecule has 2 heteroatoms. The molecule has 2 heterocycles. The molecule has 0 aliphatic carbocycles. The molecule has 0 atom stereocenters. The first-order chi connectivity index (χ1) is 28.7. The molecule has 13 rings (SSSR count). The monoisotopic (exact) mass is 736 g/mol. The maximum atomic E-state index is 6.50. The molecular weight excluding hydrogens is 705 g/mol. The van der Waals surface area contributed by atoms with E-state index < -0.39 is 0 Å². The molecule has 0 radical (unpaired) electrons. The summed E-state index contributed by atoms with van der Waals surface area (Å²) in [5.41, 5.74) is 10.8. The van der Waals surface area contributed by atoms with Gasteiger partial charge in [0.1, 0.15) is 11.2 Å². The van der Waals surface area contributed by atoms with Gasteiger partial charge in [-0.15, -0.1) is 0 Å². The van der Waals surface area contributed by atoms with Crippen LogP contribution in [0.4, 0.5) is 0 Å². The van der Waals surface area contributed by atoms with E-state index in [0.717, 1.165) is 49.3 Å². The Labute approximate surface area is 332 Å². The maximum absolute atomic E-state index is 6.50. The Kier molecular flexibility index (Phi) is 6.47. The van der Waals surface area contributed by atoms with E-state index in [1.165, 1.54) is 81.9 Å². The van der Waals surface area contributed by atoms with E-state index in [9.17, 15) is 0 Å². The van der Waals surface area contributed by atoms with Crippen LogP contribution in [0.15, 0.2) is 203 Å². The van der Waals surface area contributed by atoms with Crippen LogP contribution in [0.1, 0.15) is 0 Å². The predicted octanol–water partition coefficient (Wildman–Crippen LogP) is 16.3. The van der Waals surface area contributed by atoms with Crippen molar-refractivity contribution >= 4 is 97.7 Å². The predicted molar refractivity (Wildman–Crippen MR) is 245 cm³/mol. The summed E-state index contributed by atoms with van der Waals surface area (Å²) in [6, 6.07) is 70.7. The van der Waals surface area contributed by atoms with E-state index in [1.54, 1.807) is 0 Å². The molecule has 2 aromatic heterocycles. The lowest BCUT2D eigenvalue weighted by Crippen LogP contribution is -1.91. The number of para-hydroxylation sites is 1. The van der Waals surface area contributed by atoms with Gasteiger partial charge in [0.25, 0.3) is 0 Å². The number of fused-ring (bicyclic) bond motifs is 12. The van der Waals surface area contributed by atoms with Crippen LogP contribution in [0.5, 0.6) is 0 Å². The minimum atomic E-state index is 0.801. The van der Waals surface area contributed by atoms with Gasteiger partial charge in [-0.25, -0.2) is 0 Å². The first-order valence-electron chi connectivity index (χ1n) is 19.9. The van der Waals surface area contributed by atoms with Gasteiger partial charge in [0.2, 0.25) is 0 Å². The zero-order valence-corrected chi connectivity index (χ0v) is 31.3. The molecular formula is C56H32O2. The van der Waals surface area contributed by atoms with E-state index in [1.807, 2.05) is 18.2 Å². The lowest BCUT2D eigenvalue weighted by molar-refractivity contribution is 0.633. The highest BCUT2D eigenvalue weighted by Crippen LogP contribution is 2.46. The molecule has 268 valence electrons. The van der Waals surface area contributed by atoms with Crippen molar-refractivity contribution in [1.82, 2.24) is 0 Å². The van der Waals surface area contributed by atoms with Crippen LogP contribution in [-0.2, 0) is 0 Å². The summed E-state index contributed by atoms with van der Waals surface area (Å²) in [5.74, 6) is 0. The molecule has 0 spiro atoms. The normalized spacial score (nSPS) is 12.1. The van der Waals surface area contributed by atoms with E-state index in [-0.39, 0.29) is 0 Å². The minimum Gasteiger partial charge on any atom is -0.452 e. The topological polar surface area (TPSA) is 26.3 Å². The fourth-order valence-corrected chi connectivity index (χ4v) is 9.69. The van der Waals surface area contributed by atoms with E-state index >= 15 is 0 Å². The van der Waals surface area contributed by atoms with Gasteiger partial charge >= 0.3 is 0 Å². The zero-order chi connectivity index (χ0) is 37.9. The molecule has 58 heavy (non-hydrogen) atoms. The lowest BCUT2D eigenvalue weighted by Gasteiger charge is -2.19. The average molecular weight is 737 g/mol. The number of furan rings is 2. The molecule has 0 saturated carbocycles. The number of rotatable bonds is 3. The summed E-state index contributed by atoms with van der Waals surface area (Å²) >= 11 is 0. The highest BCUT2D eigenvalue weighted by molar-refractivity contribution is 6.24. The van der Waals surface area contributed by atoms with Gasteiger partial charge in [-0.1, -0.05) is 146 Å². The van der Waals surface area contributed by atoms with Gasteiger partial charge in [0.05, 0.1) is 0 Å². The van der Waals surface area contributed by atoms with Crippen LogP contribution >= 0.6 is 0 Å². The van der Waals surface area contributed by atoms with E-state index in [4.69, 9.17) is 8.83 Å². The molecule has 0 unspecified atom stereocenters. The van der Waals surface area contributed by atoms with Crippen LogP contribution in [0.2, 0.25) is 0 Å². The zero-order valence-electron chi connectivity index (χ0n) is 31.3. The second-order valence-corrected chi connectivity index (χ2v) is 15.6. The van der Waals surface area contributed by atoms with Crippen molar-refractivity contribution < 1.29 is 8.83 Å². The summed E-state index contributed by atoms with van der Waals surface area (Å²) in [4.78, 5) is 0. The van der Waals surface area contributed by atoms with Crippen molar-refractivity contribution in [3.05, 3.63) is 194 Å². The molecule has 2 nitrogen and oxygen atoms in total. The summed E-state index contributed by atoms with van der Waals surface area (Å²) in [5, 5.41) is 16.7. The molecule has 13 aromatic rings. The van der Waals surface area contributed by atoms with Crippen LogP contribution in [-0.4, -0.2) is 0 Å². The Morgan fingerprint density at radius 2 is 0.741 bits per heavy atom. The largest absolute Gasteiger partial charge is 0.452 e. The van der Waals surface area contributed by atoms with E-state index in [2.05, 4.69) is 176 Å². The molecule has 0 N–H and O–H groups in total. The lowest BCUT2D eigenvalue weighted by atomic mass is 9.84. The number of hydrogen-bond acceptors (Lipinski definition) is 2. The third-order valence-electron chi connectivity index (χ3n) is 12.4. The highest BCUT2D eigenvalue weighted by Gasteiger charge is 2.19. The molecule has 0 fully saturated rings. The SMILES string of the molecule is c1ccc2c(-c3c4ccccc4c(-c4ccc5cc(-c6ccc7cc8oc9c(ccc%10c%11ccccc%11oc%109)c8cc7c6)ccc5c4)c4ccccc34)cccc2c1. The van der Waals surface area contributed by atoms with Gasteiger partial charge in [-0.3, -0.25) is 0 Å². The first kappa shape index (κ1) is 31.5. The molecule has 0 aliphatic heterocycles. The van der Waals surface area contributed by atoms with Gasteiger partial charge in [0, 0.05) is 21.5 Å². The molecule has 0 bridgehead atoms. The highest BCUT2D eigenvalue weighted by atomic mass is 16.4. The van der Waals surface area contributed by atoms with Crippen LogP contribution in [0.3, 0.4) is 0 Å². The third-order valence-corrected chi connectivity index (χ3v) is 12.4. The van der Waals surface area contributed by atoms with E-state index in [0.29, 0.717) is 0 Å². The van der Waals surface area contributed by atoms with Crippen molar-refractivity contribution in [2.24, 2.45) is 0 Å². The first-order valence-corrected chi connectivity index (χ1v) is 19.9. The summed E-state index contributed by atoms with van der Waals surface area (Å²) in [7, 11) is 0. The Balaban J connectivity index is 0.926. The second kappa shape index (κ2) is 11.9. The molecule has 11 aromatic carbocycles. The minimum absolute atomic E-state index is 0.801. The Bertz CT molecular complexity index is 3800. The molecule has 0 saturated heterocycles. The second-order valence-electron chi connectivity index (χ2n) is 15.6. The fourth-order valence-electron chi connectivity index (χ4n) is 9.69. The fraction of sp³-hybridized carbons (Fsp3) is 0. The van der Waals surface area contributed by atoms with Crippen LogP contribution in [0.25, 0.3) is 131 Å². The van der Waals surface area contributed by atoms with Crippen molar-refractivity contribution in [3.63, 3.8) is 0 Å². The van der Waals surface area contributed by atoms with Gasteiger partial charge in [0.15, 0.2) is 11.2 Å². The number of benzene rings is 11. The smallest absolute Gasteiger partial charge is 0.178 e. The Morgan fingerprint density at radius 3 is 1.45 bits per heavy atom. The maximum Gasteiger partial charge on any atom is 0.178 e. The van der Waals surface area contributed by atoms with Gasteiger partial charge in [-0.05, 0) is 136 Å².